The van der Waals surface area contributed by atoms with E-state index in [1.807, 2.05) is 24.3 Å². The summed E-state index contributed by atoms with van der Waals surface area (Å²) in [4.78, 5) is 0. The molecule has 1 aromatic carbocycles. The van der Waals surface area contributed by atoms with Crippen LogP contribution in [0.2, 0.25) is 0 Å². The summed E-state index contributed by atoms with van der Waals surface area (Å²) in [6.07, 6.45) is 5.82. The maximum atomic E-state index is 8.70. The minimum Gasteiger partial charge on any atom is -0.193 e. The topological polar surface area (TPSA) is 23.8 Å². The average Bonchev–Trinajstić information content (AvgIpc) is 2.30. The van der Waals surface area contributed by atoms with Gasteiger partial charge < -0.3 is 0 Å². The first kappa shape index (κ1) is 8.77. The molecule has 1 aliphatic carbocycles. The fraction of sp³-hybridized carbons (Fsp3) is 0.154. The van der Waals surface area contributed by atoms with Crippen molar-refractivity contribution in [2.24, 2.45) is 0 Å². The SMILES string of the molecule is N#CC1=CC=C(c2ccccc2)CC1. The average molecular weight is 181 g/mol. The van der Waals surface area contributed by atoms with E-state index >= 15 is 0 Å². The lowest BCUT2D eigenvalue weighted by Gasteiger charge is -2.10. The number of rotatable bonds is 1. The highest BCUT2D eigenvalue weighted by Crippen LogP contribution is 2.25. The summed E-state index contributed by atoms with van der Waals surface area (Å²) in [6, 6.07) is 12.5. The van der Waals surface area contributed by atoms with Gasteiger partial charge in [-0.05, 0) is 30.1 Å². The van der Waals surface area contributed by atoms with E-state index in [0.717, 1.165) is 18.4 Å². The van der Waals surface area contributed by atoms with Crippen molar-refractivity contribution in [3.05, 3.63) is 53.6 Å². The first-order valence-electron chi connectivity index (χ1n) is 4.75. The summed E-state index contributed by atoms with van der Waals surface area (Å²) in [5.74, 6) is 0. The first-order valence-corrected chi connectivity index (χ1v) is 4.75. The van der Waals surface area contributed by atoms with Gasteiger partial charge in [-0.1, -0.05) is 36.4 Å². The number of hydrogen-bond acceptors (Lipinski definition) is 1. The largest absolute Gasteiger partial charge is 0.193 e. The minimum absolute atomic E-state index is 0.872. The van der Waals surface area contributed by atoms with Gasteiger partial charge in [0.15, 0.2) is 0 Å². The molecule has 0 amide bonds. The van der Waals surface area contributed by atoms with E-state index in [-0.39, 0.29) is 0 Å². The number of hydrogen-bond donors (Lipinski definition) is 0. The molecule has 0 bridgehead atoms. The summed E-state index contributed by atoms with van der Waals surface area (Å²) < 4.78 is 0. The van der Waals surface area contributed by atoms with Crippen molar-refractivity contribution in [3.63, 3.8) is 0 Å². The minimum atomic E-state index is 0.872. The molecule has 1 heteroatoms. The highest BCUT2D eigenvalue weighted by Gasteiger charge is 2.06. The molecule has 0 fully saturated rings. The maximum absolute atomic E-state index is 8.70. The third-order valence-corrected chi connectivity index (χ3v) is 2.44. The molecule has 0 atom stereocenters. The van der Waals surface area contributed by atoms with Crippen LogP contribution >= 0.6 is 0 Å². The molecule has 0 N–H and O–H groups in total. The lowest BCUT2D eigenvalue weighted by atomic mass is 9.94. The van der Waals surface area contributed by atoms with E-state index in [1.54, 1.807) is 0 Å². The zero-order valence-electron chi connectivity index (χ0n) is 7.90. The second kappa shape index (κ2) is 3.93. The smallest absolute Gasteiger partial charge is 0.0947 e. The van der Waals surface area contributed by atoms with Crippen LogP contribution in [0.25, 0.3) is 5.57 Å². The lowest BCUT2D eigenvalue weighted by molar-refractivity contribution is 1.01. The Kier molecular flexibility index (Phi) is 2.46. The zero-order valence-corrected chi connectivity index (χ0v) is 7.90. The van der Waals surface area contributed by atoms with Gasteiger partial charge in [0, 0.05) is 5.57 Å². The number of benzene rings is 1. The van der Waals surface area contributed by atoms with Crippen molar-refractivity contribution in [2.75, 3.05) is 0 Å². The molecule has 68 valence electrons. The summed E-state index contributed by atoms with van der Waals surface area (Å²) >= 11 is 0. The Morgan fingerprint density at radius 1 is 1.00 bits per heavy atom. The van der Waals surface area contributed by atoms with E-state index in [9.17, 15) is 0 Å². The first-order chi connectivity index (χ1) is 6.90. The predicted octanol–water partition coefficient (Wildman–Crippen LogP) is 3.31. The molecule has 2 rings (SSSR count). The van der Waals surface area contributed by atoms with Gasteiger partial charge in [0.2, 0.25) is 0 Å². The molecule has 0 saturated carbocycles. The third-order valence-electron chi connectivity index (χ3n) is 2.44. The van der Waals surface area contributed by atoms with E-state index in [4.69, 9.17) is 5.26 Å². The maximum Gasteiger partial charge on any atom is 0.0947 e. The summed E-state index contributed by atoms with van der Waals surface area (Å²) in [6.45, 7) is 0. The number of nitriles is 1. The molecule has 0 unspecified atom stereocenters. The normalized spacial score (nSPS) is 15.4. The quantitative estimate of drug-likeness (QED) is 0.652. The molecular formula is C13H11N. The second-order valence-corrected chi connectivity index (χ2v) is 3.36. The third kappa shape index (κ3) is 1.75. The molecule has 0 spiro atoms. The summed E-state index contributed by atoms with van der Waals surface area (Å²) in [5.41, 5.74) is 3.47. The van der Waals surface area contributed by atoms with E-state index in [0.29, 0.717) is 0 Å². The van der Waals surface area contributed by atoms with Gasteiger partial charge in [-0.15, -0.1) is 0 Å². The second-order valence-electron chi connectivity index (χ2n) is 3.36. The Morgan fingerprint density at radius 3 is 2.36 bits per heavy atom. The molecule has 0 aliphatic heterocycles. The summed E-state index contributed by atoms with van der Waals surface area (Å²) in [5, 5.41) is 8.70. The molecule has 14 heavy (non-hydrogen) atoms. The highest BCUT2D eigenvalue weighted by atomic mass is 14.2. The standard InChI is InChI=1S/C13H11N/c14-10-11-6-8-13(9-7-11)12-4-2-1-3-5-12/h1-6,8H,7,9H2. The van der Waals surface area contributed by atoms with Crippen molar-refractivity contribution in [1.82, 2.24) is 0 Å². The summed E-state index contributed by atoms with van der Waals surface area (Å²) in [7, 11) is 0. The van der Waals surface area contributed by atoms with Crippen LogP contribution in [0.15, 0.2) is 48.1 Å². The van der Waals surface area contributed by atoms with Gasteiger partial charge in [-0.25, -0.2) is 0 Å². The van der Waals surface area contributed by atoms with Gasteiger partial charge in [-0.2, -0.15) is 5.26 Å². The van der Waals surface area contributed by atoms with Gasteiger partial charge in [0.05, 0.1) is 6.07 Å². The van der Waals surface area contributed by atoms with Crippen LogP contribution in [-0.2, 0) is 0 Å². The molecule has 0 heterocycles. The van der Waals surface area contributed by atoms with Crippen molar-refractivity contribution in [2.45, 2.75) is 12.8 Å². The van der Waals surface area contributed by atoms with Crippen molar-refractivity contribution >= 4 is 5.57 Å². The Labute approximate surface area is 84.0 Å². The molecule has 1 aromatic rings. The molecule has 1 aliphatic rings. The van der Waals surface area contributed by atoms with Crippen LogP contribution in [0.5, 0.6) is 0 Å². The number of nitrogens with zero attached hydrogens (tertiary/aromatic N) is 1. The van der Waals surface area contributed by atoms with Crippen molar-refractivity contribution < 1.29 is 0 Å². The predicted molar refractivity (Wildman–Crippen MR) is 57.3 cm³/mol. The van der Waals surface area contributed by atoms with E-state index in [2.05, 4.69) is 24.3 Å². The van der Waals surface area contributed by atoms with Crippen LogP contribution in [0.3, 0.4) is 0 Å². The fourth-order valence-electron chi connectivity index (χ4n) is 1.62. The lowest BCUT2D eigenvalue weighted by Crippen LogP contribution is -1.91. The molecule has 1 nitrogen and oxygen atoms in total. The fourth-order valence-corrected chi connectivity index (χ4v) is 1.62. The van der Waals surface area contributed by atoms with Gasteiger partial charge in [0.25, 0.3) is 0 Å². The van der Waals surface area contributed by atoms with Crippen LogP contribution in [-0.4, -0.2) is 0 Å². The zero-order chi connectivity index (χ0) is 9.80. The van der Waals surface area contributed by atoms with Crippen molar-refractivity contribution in [1.29, 1.82) is 5.26 Å². The monoisotopic (exact) mass is 181 g/mol. The van der Waals surface area contributed by atoms with Crippen LogP contribution in [0, 0.1) is 11.3 Å². The van der Waals surface area contributed by atoms with Gasteiger partial charge in [-0.3, -0.25) is 0 Å². The Morgan fingerprint density at radius 2 is 1.79 bits per heavy atom. The van der Waals surface area contributed by atoms with Crippen LogP contribution in [0.4, 0.5) is 0 Å². The molecule has 0 radical (unpaired) electrons. The molecule has 0 saturated heterocycles. The van der Waals surface area contributed by atoms with Crippen molar-refractivity contribution in [3.8, 4) is 6.07 Å². The van der Waals surface area contributed by atoms with Gasteiger partial charge >= 0.3 is 0 Å². The van der Waals surface area contributed by atoms with Crippen LogP contribution in [0.1, 0.15) is 18.4 Å². The number of allylic oxidation sites excluding steroid dienone is 4. The molecule has 0 aromatic heterocycles. The van der Waals surface area contributed by atoms with Gasteiger partial charge in [0.1, 0.15) is 0 Å². The molecular weight excluding hydrogens is 170 g/mol. The Hall–Kier alpha value is -1.81. The Bertz CT molecular complexity index is 418. The highest BCUT2D eigenvalue weighted by molar-refractivity contribution is 5.69. The van der Waals surface area contributed by atoms with E-state index in [1.165, 1.54) is 11.1 Å². The van der Waals surface area contributed by atoms with E-state index < -0.39 is 0 Å². The Balaban J connectivity index is 2.28. The van der Waals surface area contributed by atoms with Crippen LogP contribution < -0.4 is 0 Å².